The molecular formula is C25H27FN2O3S. The fraction of sp³-hybridized carbons (Fsp3) is 0.360. The molecule has 5 nitrogen and oxygen atoms in total. The Bertz CT molecular complexity index is 1100. The summed E-state index contributed by atoms with van der Waals surface area (Å²) in [5, 5.41) is 11.0. The quantitative estimate of drug-likeness (QED) is 0.645. The predicted molar refractivity (Wildman–Crippen MR) is 127 cm³/mol. The van der Waals surface area contributed by atoms with Crippen molar-refractivity contribution in [1.82, 2.24) is 4.90 Å². The number of halogens is 1. The lowest BCUT2D eigenvalue weighted by Gasteiger charge is -2.27. The maximum atomic E-state index is 14.5. The molecule has 2 heterocycles. The molecule has 32 heavy (non-hydrogen) atoms. The van der Waals surface area contributed by atoms with Crippen LogP contribution in [0.4, 0.5) is 4.39 Å². The minimum Gasteiger partial charge on any atom is -0.508 e. The number of aliphatic imine (C=N–C) groups is 1. The molecular weight excluding hydrogens is 427 g/mol. The van der Waals surface area contributed by atoms with E-state index >= 15 is 0 Å². The number of nitrogens with zero attached hydrogens (tertiary/aromatic N) is 2. The highest BCUT2D eigenvalue weighted by atomic mass is 32.2. The van der Waals surface area contributed by atoms with Crippen LogP contribution in [0.3, 0.4) is 0 Å². The molecule has 1 N–H and O–H groups in total. The molecule has 2 aromatic carbocycles. The van der Waals surface area contributed by atoms with E-state index in [1.165, 1.54) is 23.9 Å². The Morgan fingerprint density at radius 2 is 1.94 bits per heavy atom. The molecule has 0 radical (unpaired) electrons. The van der Waals surface area contributed by atoms with Crippen LogP contribution in [0.2, 0.25) is 0 Å². The molecule has 4 rings (SSSR count). The van der Waals surface area contributed by atoms with Crippen LogP contribution in [0.25, 0.3) is 17.2 Å². The van der Waals surface area contributed by atoms with Crippen molar-refractivity contribution in [2.75, 3.05) is 26.3 Å². The Labute approximate surface area is 192 Å². The van der Waals surface area contributed by atoms with Gasteiger partial charge < -0.3 is 14.7 Å². The van der Waals surface area contributed by atoms with Gasteiger partial charge in [-0.2, -0.15) is 4.99 Å². The normalized spacial score (nSPS) is 18.4. The van der Waals surface area contributed by atoms with E-state index in [2.05, 4.69) is 25.8 Å². The molecule has 2 aromatic rings. The molecule has 0 spiro atoms. The second-order valence-electron chi connectivity index (χ2n) is 8.65. The number of amidine groups is 1. The molecule has 1 saturated heterocycles. The van der Waals surface area contributed by atoms with Gasteiger partial charge in [0.1, 0.15) is 11.6 Å². The highest BCUT2D eigenvalue weighted by Gasteiger charge is 2.27. The summed E-state index contributed by atoms with van der Waals surface area (Å²) in [5.41, 5.74) is 2.72. The number of carbonyl (C=O) groups excluding carboxylic acids is 1. The molecule has 7 heteroatoms. The fourth-order valence-corrected chi connectivity index (χ4v) is 4.71. The first-order valence-corrected chi connectivity index (χ1v) is 11.6. The minimum absolute atomic E-state index is 0.210. The number of phenolic OH excluding ortho intramolecular Hbond substituents is 1. The van der Waals surface area contributed by atoms with Gasteiger partial charge in [-0.1, -0.05) is 26.8 Å². The van der Waals surface area contributed by atoms with E-state index in [1.54, 1.807) is 18.2 Å². The minimum atomic E-state index is -0.386. The van der Waals surface area contributed by atoms with Crippen LogP contribution in [0.5, 0.6) is 5.75 Å². The number of amides is 1. The van der Waals surface area contributed by atoms with Crippen molar-refractivity contribution in [2.45, 2.75) is 32.6 Å². The Morgan fingerprint density at radius 3 is 2.66 bits per heavy atom. The van der Waals surface area contributed by atoms with Crippen molar-refractivity contribution in [3.8, 4) is 16.9 Å². The monoisotopic (exact) mass is 454 g/mol. The van der Waals surface area contributed by atoms with Crippen molar-refractivity contribution in [1.29, 1.82) is 0 Å². The number of ether oxygens (including phenoxy) is 1. The topological polar surface area (TPSA) is 62.1 Å². The van der Waals surface area contributed by atoms with E-state index in [0.717, 1.165) is 17.5 Å². The van der Waals surface area contributed by atoms with Crippen molar-refractivity contribution < 1.29 is 19.0 Å². The van der Waals surface area contributed by atoms with Gasteiger partial charge in [-0.25, -0.2) is 4.39 Å². The second-order valence-corrected chi connectivity index (χ2v) is 9.66. The molecule has 0 bridgehead atoms. The van der Waals surface area contributed by atoms with Crippen LogP contribution in [-0.2, 0) is 14.9 Å². The van der Waals surface area contributed by atoms with Gasteiger partial charge in [-0.05, 0) is 76.7 Å². The van der Waals surface area contributed by atoms with Gasteiger partial charge in [0.15, 0.2) is 5.17 Å². The number of phenols is 1. The lowest BCUT2D eigenvalue weighted by molar-refractivity contribution is -0.113. The van der Waals surface area contributed by atoms with Gasteiger partial charge >= 0.3 is 0 Å². The van der Waals surface area contributed by atoms with Crippen LogP contribution in [0, 0.1) is 5.82 Å². The average molecular weight is 455 g/mol. The van der Waals surface area contributed by atoms with E-state index in [0.29, 0.717) is 47.5 Å². The van der Waals surface area contributed by atoms with Crippen molar-refractivity contribution >= 4 is 28.9 Å². The third-order valence-corrected chi connectivity index (χ3v) is 7.10. The van der Waals surface area contributed by atoms with Crippen LogP contribution in [0.1, 0.15) is 38.3 Å². The number of aromatic hydroxyl groups is 1. The zero-order valence-electron chi connectivity index (χ0n) is 18.5. The highest BCUT2D eigenvalue weighted by Crippen LogP contribution is 2.37. The Kier molecular flexibility index (Phi) is 6.40. The lowest BCUT2D eigenvalue weighted by atomic mass is 9.80. The third kappa shape index (κ3) is 4.74. The predicted octanol–water partition coefficient (Wildman–Crippen LogP) is 5.19. The van der Waals surface area contributed by atoms with Gasteiger partial charge in [-0.15, -0.1) is 0 Å². The Morgan fingerprint density at radius 1 is 1.19 bits per heavy atom. The summed E-state index contributed by atoms with van der Waals surface area (Å²) in [6, 6.07) is 10.1. The van der Waals surface area contributed by atoms with E-state index < -0.39 is 0 Å². The zero-order chi connectivity index (χ0) is 22.9. The van der Waals surface area contributed by atoms with Gasteiger partial charge in [0, 0.05) is 18.7 Å². The second kappa shape index (κ2) is 9.08. The number of benzene rings is 2. The summed E-state index contributed by atoms with van der Waals surface area (Å²) in [7, 11) is 0. The number of carbonyl (C=O) groups is 1. The lowest BCUT2D eigenvalue weighted by Crippen LogP contribution is -2.38. The number of hydrogen-bond acceptors (Lipinski definition) is 5. The van der Waals surface area contributed by atoms with Crippen LogP contribution in [0.15, 0.2) is 46.3 Å². The Balaban J connectivity index is 1.63. The first kappa shape index (κ1) is 22.6. The van der Waals surface area contributed by atoms with E-state index in [1.807, 2.05) is 17.0 Å². The first-order chi connectivity index (χ1) is 15.3. The molecule has 1 fully saturated rings. The van der Waals surface area contributed by atoms with Crippen molar-refractivity contribution in [3.63, 3.8) is 0 Å². The molecule has 0 aromatic heterocycles. The SMILES string of the molecule is CCC(C)(C)c1cc(-c2cc(F)cc(/C=C3\SC(N4CCOCC4)=NC3=O)c2)ccc1O. The molecule has 2 aliphatic rings. The van der Waals surface area contributed by atoms with Crippen molar-refractivity contribution in [2.24, 2.45) is 4.99 Å². The van der Waals surface area contributed by atoms with Gasteiger partial charge in [0.05, 0.1) is 18.1 Å². The standard InChI is InChI=1S/C25H27FN2O3S/c1-4-25(2,3)20-15-17(5-6-21(20)29)18-11-16(12-19(26)14-18)13-22-23(30)27-24(32-22)28-7-9-31-10-8-28/h5-6,11-15,29H,4,7-10H2,1-3H3/b22-13-. The summed E-state index contributed by atoms with van der Waals surface area (Å²) < 4.78 is 19.9. The van der Waals surface area contributed by atoms with E-state index in [4.69, 9.17) is 4.74 Å². The smallest absolute Gasteiger partial charge is 0.286 e. The summed E-state index contributed by atoms with van der Waals surface area (Å²) in [5.74, 6) is -0.456. The van der Waals surface area contributed by atoms with Crippen molar-refractivity contribution in [3.05, 3.63) is 58.2 Å². The summed E-state index contributed by atoms with van der Waals surface area (Å²) in [6.45, 7) is 8.85. The maximum Gasteiger partial charge on any atom is 0.286 e. The molecule has 2 aliphatic heterocycles. The summed E-state index contributed by atoms with van der Waals surface area (Å²) in [4.78, 5) is 19.1. The van der Waals surface area contributed by atoms with Gasteiger partial charge in [-0.3, -0.25) is 4.79 Å². The number of morpholine rings is 1. The Hall–Kier alpha value is -2.64. The maximum absolute atomic E-state index is 14.5. The molecule has 0 unspecified atom stereocenters. The molecule has 1 amide bonds. The van der Waals surface area contributed by atoms with Gasteiger partial charge in [0.25, 0.3) is 5.91 Å². The fourth-order valence-electron chi connectivity index (χ4n) is 3.75. The number of thioether (sulfide) groups is 1. The zero-order valence-corrected chi connectivity index (χ0v) is 19.3. The van der Waals surface area contributed by atoms with Crippen LogP contribution >= 0.6 is 11.8 Å². The van der Waals surface area contributed by atoms with E-state index in [-0.39, 0.29) is 22.9 Å². The largest absolute Gasteiger partial charge is 0.508 e. The highest BCUT2D eigenvalue weighted by molar-refractivity contribution is 8.18. The van der Waals surface area contributed by atoms with Crippen LogP contribution in [-0.4, -0.2) is 47.4 Å². The molecule has 0 atom stereocenters. The molecule has 0 aliphatic carbocycles. The third-order valence-electron chi connectivity index (χ3n) is 6.05. The van der Waals surface area contributed by atoms with Crippen LogP contribution < -0.4 is 0 Å². The average Bonchev–Trinajstić information content (AvgIpc) is 3.14. The summed E-state index contributed by atoms with van der Waals surface area (Å²) in [6.07, 6.45) is 2.54. The van der Waals surface area contributed by atoms with E-state index in [9.17, 15) is 14.3 Å². The first-order valence-electron chi connectivity index (χ1n) is 10.8. The molecule has 168 valence electrons. The summed E-state index contributed by atoms with van der Waals surface area (Å²) >= 11 is 1.31. The molecule has 0 saturated carbocycles. The number of rotatable bonds is 4. The number of hydrogen-bond donors (Lipinski definition) is 1. The van der Waals surface area contributed by atoms with Gasteiger partial charge in [0.2, 0.25) is 0 Å².